The second kappa shape index (κ2) is 8.11. The van der Waals surface area contributed by atoms with Crippen LogP contribution in [0.15, 0.2) is 83.8 Å². The average Bonchev–Trinajstić information content (AvgIpc) is 3.19. The number of halogens is 4. The zero-order chi connectivity index (χ0) is 23.1. The monoisotopic (exact) mass is 476 g/mol. The van der Waals surface area contributed by atoms with E-state index >= 15 is 0 Å². The number of rotatable bonds is 4. The van der Waals surface area contributed by atoms with Gasteiger partial charge in [0, 0.05) is 22.4 Å². The van der Waals surface area contributed by atoms with Crippen LogP contribution in [0.25, 0.3) is 28.2 Å². The summed E-state index contributed by atoms with van der Waals surface area (Å²) in [5.41, 5.74) is 2.29. The molecule has 0 N–H and O–H groups in total. The summed E-state index contributed by atoms with van der Waals surface area (Å²) in [7, 11) is -3.36. The van der Waals surface area contributed by atoms with Crippen molar-refractivity contribution in [3.05, 3.63) is 89.4 Å². The Kier molecular flexibility index (Phi) is 5.60. The molecule has 0 unspecified atom stereocenters. The summed E-state index contributed by atoms with van der Waals surface area (Å²) in [6.07, 6.45) is -3.30. The van der Waals surface area contributed by atoms with Gasteiger partial charge in [-0.1, -0.05) is 35.9 Å². The first kappa shape index (κ1) is 22.1. The van der Waals surface area contributed by atoms with Crippen LogP contribution < -0.4 is 0 Å². The predicted molar refractivity (Wildman–Crippen MR) is 118 cm³/mol. The van der Waals surface area contributed by atoms with E-state index in [4.69, 9.17) is 11.6 Å². The Labute approximate surface area is 187 Å². The molecular weight excluding hydrogens is 461 g/mol. The van der Waals surface area contributed by atoms with E-state index in [1.54, 1.807) is 47.1 Å². The second-order valence-corrected chi connectivity index (χ2v) is 9.63. The number of hydrogen-bond donors (Lipinski definition) is 0. The van der Waals surface area contributed by atoms with Gasteiger partial charge in [0.2, 0.25) is 0 Å². The lowest BCUT2D eigenvalue weighted by molar-refractivity contribution is -0.137. The van der Waals surface area contributed by atoms with E-state index in [1.807, 2.05) is 0 Å². The molecule has 0 aliphatic carbocycles. The molecule has 0 radical (unpaired) electrons. The lowest BCUT2D eigenvalue weighted by Gasteiger charge is -2.09. The van der Waals surface area contributed by atoms with Crippen LogP contribution >= 0.6 is 11.6 Å². The Morgan fingerprint density at radius 3 is 1.94 bits per heavy atom. The first-order valence-electron chi connectivity index (χ1n) is 9.36. The van der Waals surface area contributed by atoms with Gasteiger partial charge in [0.05, 0.1) is 27.5 Å². The zero-order valence-corrected chi connectivity index (χ0v) is 18.2. The molecule has 32 heavy (non-hydrogen) atoms. The summed E-state index contributed by atoms with van der Waals surface area (Å²) in [6.45, 7) is 0. The van der Waals surface area contributed by atoms with Crippen LogP contribution in [0, 0.1) is 0 Å². The molecule has 9 heteroatoms. The number of sulfone groups is 1. The molecule has 0 spiro atoms. The predicted octanol–water partition coefficient (Wildman–Crippen LogP) is 6.28. The van der Waals surface area contributed by atoms with E-state index in [9.17, 15) is 21.6 Å². The Hall–Kier alpha value is -3.10. The molecule has 1 aromatic heterocycles. The molecule has 0 aliphatic rings. The molecule has 0 aliphatic heterocycles. The third-order valence-corrected chi connectivity index (χ3v) is 6.25. The summed E-state index contributed by atoms with van der Waals surface area (Å²) < 4.78 is 63.9. The van der Waals surface area contributed by atoms with Crippen molar-refractivity contribution in [1.29, 1.82) is 0 Å². The van der Waals surface area contributed by atoms with Gasteiger partial charge < -0.3 is 0 Å². The summed E-state index contributed by atoms with van der Waals surface area (Å²) in [5, 5.41) is 5.14. The first-order valence-corrected chi connectivity index (χ1v) is 11.6. The van der Waals surface area contributed by atoms with Gasteiger partial charge >= 0.3 is 6.18 Å². The molecule has 1 heterocycles. The van der Waals surface area contributed by atoms with Crippen LogP contribution in [0.5, 0.6) is 0 Å². The normalized spacial score (nSPS) is 12.2. The van der Waals surface area contributed by atoms with Crippen molar-refractivity contribution in [2.75, 3.05) is 6.26 Å². The molecular formula is C23H16ClF3N2O2S. The van der Waals surface area contributed by atoms with Crippen LogP contribution in [0.1, 0.15) is 5.56 Å². The van der Waals surface area contributed by atoms with Gasteiger partial charge in [-0.2, -0.15) is 18.3 Å². The molecule has 0 bridgehead atoms. The van der Waals surface area contributed by atoms with Gasteiger partial charge in [0.25, 0.3) is 0 Å². The summed E-state index contributed by atoms with van der Waals surface area (Å²) in [5.74, 6) is 0. The second-order valence-electron chi connectivity index (χ2n) is 7.17. The average molecular weight is 477 g/mol. The van der Waals surface area contributed by atoms with E-state index < -0.39 is 21.6 Å². The molecule has 4 aromatic rings. The number of aromatic nitrogens is 2. The lowest BCUT2D eigenvalue weighted by Crippen LogP contribution is -2.04. The fraction of sp³-hybridized carbons (Fsp3) is 0.0870. The molecule has 0 amide bonds. The molecule has 0 fully saturated rings. The lowest BCUT2D eigenvalue weighted by atomic mass is 10.1. The Morgan fingerprint density at radius 2 is 1.41 bits per heavy atom. The third-order valence-electron chi connectivity index (χ3n) is 4.87. The quantitative estimate of drug-likeness (QED) is 0.348. The minimum Gasteiger partial charge on any atom is -0.232 e. The zero-order valence-electron chi connectivity index (χ0n) is 16.6. The highest BCUT2D eigenvalue weighted by molar-refractivity contribution is 7.90. The molecule has 4 nitrogen and oxygen atoms in total. The number of hydrogen-bond acceptors (Lipinski definition) is 3. The number of alkyl halides is 3. The minimum absolute atomic E-state index is 0.171. The van der Waals surface area contributed by atoms with Crippen molar-refractivity contribution in [3.63, 3.8) is 0 Å². The van der Waals surface area contributed by atoms with Crippen molar-refractivity contribution in [2.45, 2.75) is 11.1 Å². The maximum atomic E-state index is 12.9. The molecule has 3 aromatic carbocycles. The highest BCUT2D eigenvalue weighted by atomic mass is 35.5. The van der Waals surface area contributed by atoms with Gasteiger partial charge in [-0.25, -0.2) is 13.1 Å². The van der Waals surface area contributed by atoms with E-state index in [0.29, 0.717) is 27.7 Å². The third kappa shape index (κ3) is 4.56. The maximum absolute atomic E-state index is 12.9. The van der Waals surface area contributed by atoms with Crippen LogP contribution in [0.3, 0.4) is 0 Å². The molecule has 164 valence electrons. The highest BCUT2D eigenvalue weighted by Gasteiger charge is 2.30. The standard InChI is InChI=1S/C23H16ClF3N2O2S/c1-32(30,31)20-12-10-19(11-13-20)29-22(16-4-8-18(24)9-5-16)14-21(28-29)15-2-6-17(7-3-15)23(25,26)27/h2-14H,1H3. The van der Waals surface area contributed by atoms with Crippen molar-refractivity contribution in [3.8, 4) is 28.2 Å². The number of benzene rings is 3. The molecule has 0 atom stereocenters. The van der Waals surface area contributed by atoms with Crippen LogP contribution in [0.4, 0.5) is 13.2 Å². The van der Waals surface area contributed by atoms with Crippen LogP contribution in [0.2, 0.25) is 5.02 Å². The van der Waals surface area contributed by atoms with Gasteiger partial charge in [-0.3, -0.25) is 0 Å². The molecule has 0 saturated carbocycles. The Balaban J connectivity index is 1.83. The topological polar surface area (TPSA) is 52.0 Å². The largest absolute Gasteiger partial charge is 0.416 e. The van der Waals surface area contributed by atoms with Gasteiger partial charge in [0.15, 0.2) is 9.84 Å². The minimum atomic E-state index is -4.42. The SMILES string of the molecule is CS(=O)(=O)c1ccc(-n2nc(-c3ccc(C(F)(F)F)cc3)cc2-c2ccc(Cl)cc2)cc1. The van der Waals surface area contributed by atoms with Crippen molar-refractivity contribution < 1.29 is 21.6 Å². The Bertz CT molecular complexity index is 1360. The van der Waals surface area contributed by atoms with Gasteiger partial charge in [-0.15, -0.1) is 0 Å². The van der Waals surface area contributed by atoms with Crippen molar-refractivity contribution in [1.82, 2.24) is 9.78 Å². The summed E-state index contributed by atoms with van der Waals surface area (Å²) in [4.78, 5) is 0.171. The maximum Gasteiger partial charge on any atom is 0.416 e. The molecule has 0 saturated heterocycles. The summed E-state index contributed by atoms with van der Waals surface area (Å²) >= 11 is 6.00. The number of nitrogens with zero attached hydrogens (tertiary/aromatic N) is 2. The first-order chi connectivity index (χ1) is 15.0. The van der Waals surface area contributed by atoms with Crippen LogP contribution in [-0.4, -0.2) is 24.5 Å². The van der Waals surface area contributed by atoms with Crippen molar-refractivity contribution >= 4 is 21.4 Å². The molecule has 4 rings (SSSR count). The van der Waals surface area contributed by atoms with Crippen LogP contribution in [-0.2, 0) is 16.0 Å². The summed E-state index contributed by atoms with van der Waals surface area (Å²) in [6, 6.07) is 19.8. The fourth-order valence-electron chi connectivity index (χ4n) is 3.21. The smallest absolute Gasteiger partial charge is 0.232 e. The fourth-order valence-corrected chi connectivity index (χ4v) is 3.97. The van der Waals surface area contributed by atoms with E-state index in [2.05, 4.69) is 5.10 Å². The van der Waals surface area contributed by atoms with E-state index in [1.165, 1.54) is 24.3 Å². The van der Waals surface area contributed by atoms with E-state index in [-0.39, 0.29) is 4.90 Å². The Morgan fingerprint density at radius 1 is 0.844 bits per heavy atom. The van der Waals surface area contributed by atoms with E-state index in [0.717, 1.165) is 24.0 Å². The van der Waals surface area contributed by atoms with Crippen molar-refractivity contribution in [2.24, 2.45) is 0 Å². The van der Waals surface area contributed by atoms with Gasteiger partial charge in [0.1, 0.15) is 0 Å². The van der Waals surface area contributed by atoms with Gasteiger partial charge in [-0.05, 0) is 54.6 Å². The highest BCUT2D eigenvalue weighted by Crippen LogP contribution is 2.33.